The third kappa shape index (κ3) is 4.99. The van der Waals surface area contributed by atoms with E-state index in [0.717, 1.165) is 55.6 Å². The number of nitrogens with zero attached hydrogens (tertiary/aromatic N) is 2. The van der Waals surface area contributed by atoms with Crippen molar-refractivity contribution in [3.8, 4) is 16.8 Å². The van der Waals surface area contributed by atoms with Crippen molar-refractivity contribution < 1.29 is 4.42 Å². The molecule has 12 rings (SSSR count). The van der Waals surface area contributed by atoms with Gasteiger partial charge in [0.1, 0.15) is 11.2 Å². The summed E-state index contributed by atoms with van der Waals surface area (Å²) < 4.78 is 8.92. The van der Waals surface area contributed by atoms with E-state index in [1.807, 2.05) is 0 Å². The summed E-state index contributed by atoms with van der Waals surface area (Å²) in [6.45, 7) is 0. The Morgan fingerprint density at radius 2 is 0.912 bits per heavy atom. The average molecular weight is 727 g/mol. The molecule has 10 aromatic carbocycles. The number of rotatable bonds is 5. The Morgan fingerprint density at radius 1 is 0.333 bits per heavy atom. The molecular weight excluding hydrogens is 693 g/mol. The second kappa shape index (κ2) is 12.5. The predicted molar refractivity (Wildman–Crippen MR) is 241 cm³/mol. The van der Waals surface area contributed by atoms with Crippen molar-refractivity contribution in [1.29, 1.82) is 0 Å². The first-order chi connectivity index (χ1) is 28.2. The van der Waals surface area contributed by atoms with Crippen LogP contribution in [0, 0.1) is 0 Å². The highest BCUT2D eigenvalue weighted by Gasteiger charge is 2.18. The Balaban J connectivity index is 0.997. The van der Waals surface area contributed by atoms with Crippen molar-refractivity contribution >= 4 is 93.1 Å². The van der Waals surface area contributed by atoms with Gasteiger partial charge in [-0.3, -0.25) is 0 Å². The molecule has 0 N–H and O–H groups in total. The van der Waals surface area contributed by atoms with Crippen LogP contribution in [0.3, 0.4) is 0 Å². The summed E-state index contributed by atoms with van der Waals surface area (Å²) in [5.41, 5.74) is 10.9. The zero-order valence-corrected chi connectivity index (χ0v) is 30.9. The maximum atomic E-state index is 6.54. The monoisotopic (exact) mass is 726 g/mol. The summed E-state index contributed by atoms with van der Waals surface area (Å²) in [6, 6.07) is 74.6. The summed E-state index contributed by atoms with van der Waals surface area (Å²) in [7, 11) is 0. The topological polar surface area (TPSA) is 21.3 Å². The summed E-state index contributed by atoms with van der Waals surface area (Å²) >= 11 is 0. The summed E-state index contributed by atoms with van der Waals surface area (Å²) in [6.07, 6.45) is 0. The molecule has 0 fully saturated rings. The summed E-state index contributed by atoms with van der Waals surface area (Å²) in [4.78, 5) is 2.37. The zero-order valence-electron chi connectivity index (χ0n) is 30.9. The molecule has 3 nitrogen and oxygen atoms in total. The number of aromatic nitrogens is 1. The number of fused-ring (bicyclic) bond motifs is 11. The number of hydrogen-bond donors (Lipinski definition) is 0. The molecule has 0 saturated carbocycles. The van der Waals surface area contributed by atoms with E-state index < -0.39 is 0 Å². The van der Waals surface area contributed by atoms with Crippen molar-refractivity contribution in [3.05, 3.63) is 206 Å². The van der Waals surface area contributed by atoms with Crippen molar-refractivity contribution in [2.75, 3.05) is 4.90 Å². The van der Waals surface area contributed by atoms with Crippen molar-refractivity contribution in [2.45, 2.75) is 0 Å². The van der Waals surface area contributed by atoms with Gasteiger partial charge >= 0.3 is 0 Å². The first kappa shape index (κ1) is 31.7. The molecule has 0 aliphatic rings. The van der Waals surface area contributed by atoms with Crippen molar-refractivity contribution in [2.24, 2.45) is 0 Å². The van der Waals surface area contributed by atoms with Crippen molar-refractivity contribution in [1.82, 2.24) is 4.57 Å². The molecule has 0 unspecified atom stereocenters. The fourth-order valence-electron chi connectivity index (χ4n) is 9.05. The normalized spacial score (nSPS) is 11.9. The van der Waals surface area contributed by atoms with Gasteiger partial charge in [-0.1, -0.05) is 133 Å². The van der Waals surface area contributed by atoms with Crippen LogP contribution in [-0.4, -0.2) is 4.57 Å². The molecular formula is C54H34N2O. The SMILES string of the molecule is c1cc(-c2ccc(N(c3ccc4c(ccc5ccccc54)c3)c3ccc4oc5c6ccccc6ccc5c4c3)cc2)cc(-n2c3ccccc3c3ccccc32)c1. The Bertz CT molecular complexity index is 3480. The van der Waals surface area contributed by atoms with Crippen LogP contribution >= 0.6 is 0 Å². The molecule has 0 radical (unpaired) electrons. The van der Waals surface area contributed by atoms with Gasteiger partial charge in [0.25, 0.3) is 0 Å². The van der Waals surface area contributed by atoms with Crippen LogP contribution in [0.4, 0.5) is 17.1 Å². The first-order valence-electron chi connectivity index (χ1n) is 19.5. The van der Waals surface area contributed by atoms with E-state index in [2.05, 4.69) is 216 Å². The third-order valence-electron chi connectivity index (χ3n) is 11.7. The van der Waals surface area contributed by atoms with Gasteiger partial charge in [-0.25, -0.2) is 0 Å². The average Bonchev–Trinajstić information content (AvgIpc) is 3.83. The molecule has 2 aromatic heterocycles. The smallest absolute Gasteiger partial charge is 0.143 e. The zero-order chi connectivity index (χ0) is 37.5. The van der Waals surface area contributed by atoms with Gasteiger partial charge < -0.3 is 13.9 Å². The maximum absolute atomic E-state index is 6.54. The molecule has 0 amide bonds. The van der Waals surface area contributed by atoms with Crippen LogP contribution < -0.4 is 4.90 Å². The van der Waals surface area contributed by atoms with E-state index in [1.54, 1.807) is 0 Å². The van der Waals surface area contributed by atoms with Gasteiger partial charge in [-0.15, -0.1) is 0 Å². The lowest BCUT2D eigenvalue weighted by Gasteiger charge is -2.26. The Kier molecular flexibility index (Phi) is 6.93. The molecule has 57 heavy (non-hydrogen) atoms. The minimum atomic E-state index is 0.883. The molecule has 2 heterocycles. The molecule has 0 atom stereocenters. The molecule has 0 saturated heterocycles. The van der Waals surface area contributed by atoms with Crippen LogP contribution in [-0.2, 0) is 0 Å². The maximum Gasteiger partial charge on any atom is 0.143 e. The largest absolute Gasteiger partial charge is 0.455 e. The number of hydrogen-bond acceptors (Lipinski definition) is 2. The van der Waals surface area contributed by atoms with Crippen LogP contribution in [0.5, 0.6) is 0 Å². The van der Waals surface area contributed by atoms with Gasteiger partial charge in [0, 0.05) is 49.7 Å². The second-order valence-electron chi connectivity index (χ2n) is 14.9. The number of benzene rings is 10. The van der Waals surface area contributed by atoms with Gasteiger partial charge in [-0.05, 0) is 111 Å². The van der Waals surface area contributed by atoms with Gasteiger partial charge in [-0.2, -0.15) is 0 Å². The van der Waals surface area contributed by atoms with Crippen LogP contribution in [0.25, 0.3) is 92.9 Å². The van der Waals surface area contributed by atoms with E-state index in [0.29, 0.717) is 0 Å². The lowest BCUT2D eigenvalue weighted by Crippen LogP contribution is -2.09. The second-order valence-corrected chi connectivity index (χ2v) is 14.9. The van der Waals surface area contributed by atoms with Crippen LogP contribution in [0.2, 0.25) is 0 Å². The summed E-state index contributed by atoms with van der Waals surface area (Å²) in [5.74, 6) is 0. The third-order valence-corrected chi connectivity index (χ3v) is 11.7. The van der Waals surface area contributed by atoms with Crippen LogP contribution in [0.15, 0.2) is 211 Å². The molecule has 0 spiro atoms. The number of para-hydroxylation sites is 2. The molecule has 266 valence electrons. The highest BCUT2D eigenvalue weighted by Crippen LogP contribution is 2.42. The number of furan rings is 1. The van der Waals surface area contributed by atoms with E-state index in [1.165, 1.54) is 54.3 Å². The van der Waals surface area contributed by atoms with Crippen LogP contribution in [0.1, 0.15) is 0 Å². The Hall–Kier alpha value is -7.62. The first-order valence-corrected chi connectivity index (χ1v) is 19.5. The van der Waals surface area contributed by atoms with E-state index in [4.69, 9.17) is 4.42 Å². The van der Waals surface area contributed by atoms with Gasteiger partial charge in [0.15, 0.2) is 0 Å². The van der Waals surface area contributed by atoms with E-state index in [9.17, 15) is 0 Å². The minimum Gasteiger partial charge on any atom is -0.455 e. The predicted octanol–water partition coefficient (Wildman–Crippen LogP) is 15.3. The lowest BCUT2D eigenvalue weighted by atomic mass is 10.0. The lowest BCUT2D eigenvalue weighted by molar-refractivity contribution is 0.672. The summed E-state index contributed by atoms with van der Waals surface area (Å²) in [5, 5.41) is 12.0. The van der Waals surface area contributed by atoms with Crippen molar-refractivity contribution in [3.63, 3.8) is 0 Å². The Morgan fingerprint density at radius 3 is 1.70 bits per heavy atom. The highest BCUT2D eigenvalue weighted by molar-refractivity contribution is 6.16. The molecule has 0 aliphatic heterocycles. The van der Waals surface area contributed by atoms with E-state index >= 15 is 0 Å². The minimum absolute atomic E-state index is 0.883. The molecule has 3 heteroatoms. The van der Waals surface area contributed by atoms with Gasteiger partial charge in [0.05, 0.1) is 11.0 Å². The molecule has 12 aromatic rings. The standard InChI is InChI=1S/C54H34N2O/c1-3-14-44-36(10-1)20-21-39-33-42(27-30-45(39)44)55(43-28-31-53-50(34-43)49-29-24-37-11-2-4-15-46(37)54(49)57-53)40-25-22-35(23-26-40)38-12-9-13-41(32-38)56-51-18-7-5-16-47(51)48-17-6-8-19-52(48)56/h1-34H. The van der Waals surface area contributed by atoms with E-state index in [-0.39, 0.29) is 0 Å². The fraction of sp³-hybridized carbons (Fsp3) is 0. The number of anilines is 3. The van der Waals surface area contributed by atoms with Gasteiger partial charge in [0.2, 0.25) is 0 Å². The quantitative estimate of drug-likeness (QED) is 0.165. The fourth-order valence-corrected chi connectivity index (χ4v) is 9.05. The highest BCUT2D eigenvalue weighted by atomic mass is 16.3. The Labute approximate surface area is 328 Å². The molecule has 0 aliphatic carbocycles. The molecule has 0 bridgehead atoms.